The number of sulfonamides is 1. The van der Waals surface area contributed by atoms with Gasteiger partial charge in [0.05, 0.1) is 10.3 Å². The first kappa shape index (κ1) is 25.6. The number of rotatable bonds is 8. The van der Waals surface area contributed by atoms with E-state index >= 15 is 0 Å². The Labute approximate surface area is 227 Å². The molecule has 3 aromatic rings. The van der Waals surface area contributed by atoms with Crippen molar-refractivity contribution in [2.24, 2.45) is 0 Å². The predicted octanol–water partition coefficient (Wildman–Crippen LogP) is 4.47. The van der Waals surface area contributed by atoms with Crippen LogP contribution in [-0.4, -0.2) is 49.0 Å². The van der Waals surface area contributed by atoms with Gasteiger partial charge in [0.1, 0.15) is 11.8 Å². The van der Waals surface area contributed by atoms with E-state index in [-0.39, 0.29) is 24.0 Å². The Morgan fingerprint density at radius 1 is 1.00 bits per heavy atom. The lowest BCUT2D eigenvalue weighted by Crippen LogP contribution is -2.40. The summed E-state index contributed by atoms with van der Waals surface area (Å²) in [6, 6.07) is 17.2. The quantitative estimate of drug-likeness (QED) is 0.443. The SMILES string of the molecule is Cc1ccc(CC(=O)C2(c3ccc4c(c3)OCO4)CC2)cc1-c1ccc(S(=O)(=O)N2CCC[C@H]2C(=O)O)cc1. The van der Waals surface area contributed by atoms with E-state index in [9.17, 15) is 23.1 Å². The molecule has 2 fully saturated rings. The Hall–Kier alpha value is -3.69. The van der Waals surface area contributed by atoms with Crippen LogP contribution < -0.4 is 9.47 Å². The Bertz CT molecular complexity index is 1580. The molecule has 0 aromatic heterocycles. The van der Waals surface area contributed by atoms with Crippen LogP contribution in [0.25, 0.3) is 11.1 Å². The number of hydrogen-bond acceptors (Lipinski definition) is 6. The highest BCUT2D eigenvalue weighted by atomic mass is 32.2. The van der Waals surface area contributed by atoms with E-state index in [1.165, 1.54) is 12.1 Å². The number of ether oxygens (including phenoxy) is 2. The molecule has 1 saturated carbocycles. The molecule has 1 aliphatic carbocycles. The van der Waals surface area contributed by atoms with Gasteiger partial charge in [0.25, 0.3) is 0 Å². The average Bonchev–Trinajstić information content (AvgIpc) is 3.34. The largest absolute Gasteiger partial charge is 0.480 e. The van der Waals surface area contributed by atoms with E-state index in [0.29, 0.717) is 30.8 Å². The molecule has 2 aliphatic heterocycles. The average molecular weight is 548 g/mol. The van der Waals surface area contributed by atoms with Crippen LogP contribution in [0.2, 0.25) is 0 Å². The van der Waals surface area contributed by atoms with Crippen molar-refractivity contribution in [3.8, 4) is 22.6 Å². The first-order chi connectivity index (χ1) is 18.7. The van der Waals surface area contributed by atoms with Crippen molar-refractivity contribution in [1.29, 1.82) is 0 Å². The molecule has 0 amide bonds. The molecular weight excluding hydrogens is 518 g/mol. The van der Waals surface area contributed by atoms with Crippen molar-refractivity contribution in [1.82, 2.24) is 4.31 Å². The topological polar surface area (TPSA) is 110 Å². The fourth-order valence-corrected chi connectivity index (χ4v) is 7.36. The van der Waals surface area contributed by atoms with Gasteiger partial charge in [-0.05, 0) is 84.7 Å². The molecule has 3 aromatic carbocycles. The monoisotopic (exact) mass is 547 g/mol. The number of fused-ring (bicyclic) bond motifs is 1. The van der Waals surface area contributed by atoms with Crippen LogP contribution in [0.4, 0.5) is 0 Å². The minimum atomic E-state index is -3.91. The molecular formula is C30H29NO7S. The number of nitrogens with zero attached hydrogens (tertiary/aromatic N) is 1. The molecule has 0 radical (unpaired) electrons. The van der Waals surface area contributed by atoms with Crippen LogP contribution in [0.3, 0.4) is 0 Å². The van der Waals surface area contributed by atoms with Gasteiger partial charge in [0.2, 0.25) is 16.8 Å². The molecule has 8 nitrogen and oxygen atoms in total. The van der Waals surface area contributed by atoms with Crippen molar-refractivity contribution >= 4 is 21.8 Å². The molecule has 2 heterocycles. The van der Waals surface area contributed by atoms with Gasteiger partial charge in [-0.25, -0.2) is 8.42 Å². The summed E-state index contributed by atoms with van der Waals surface area (Å²) in [6.45, 7) is 2.37. The maximum atomic E-state index is 13.5. The zero-order chi connectivity index (χ0) is 27.4. The van der Waals surface area contributed by atoms with Gasteiger partial charge in [-0.15, -0.1) is 0 Å². The standard InChI is InChI=1S/C30H29NO7S/c1-19-4-5-20(16-28(32)30(12-13-30)22-8-11-26-27(17-22)38-18-37-26)15-24(19)21-6-9-23(10-7-21)39(35,36)31-14-2-3-25(31)29(33)34/h4-11,15,17,25H,2-3,12-14,16,18H2,1H3,(H,33,34)/t25-/m0/s1. The second-order valence-corrected chi connectivity index (χ2v) is 12.4. The Balaban J connectivity index is 1.22. The van der Waals surface area contributed by atoms with Crippen molar-refractivity contribution in [2.75, 3.05) is 13.3 Å². The number of hydrogen-bond donors (Lipinski definition) is 1. The van der Waals surface area contributed by atoms with Gasteiger partial charge in [-0.3, -0.25) is 9.59 Å². The lowest BCUT2D eigenvalue weighted by molar-refractivity contribution is -0.140. The summed E-state index contributed by atoms with van der Waals surface area (Å²) < 4.78 is 38.3. The van der Waals surface area contributed by atoms with E-state index in [1.807, 2.05) is 43.3 Å². The van der Waals surface area contributed by atoms with Crippen LogP contribution in [0.5, 0.6) is 11.5 Å². The third-order valence-corrected chi connectivity index (χ3v) is 10.1. The molecule has 9 heteroatoms. The number of carboxylic acids is 1. The van der Waals surface area contributed by atoms with Gasteiger partial charge < -0.3 is 14.6 Å². The third-order valence-electron chi connectivity index (χ3n) is 8.14. The van der Waals surface area contributed by atoms with Gasteiger partial charge in [0, 0.05) is 13.0 Å². The molecule has 3 aliphatic rings. The number of Topliss-reactive ketones (excluding diaryl/α,β-unsaturated/α-hetero) is 1. The smallest absolute Gasteiger partial charge is 0.322 e. The number of carboxylic acid groups (broad SMARTS) is 1. The molecule has 6 rings (SSSR count). The molecule has 0 unspecified atom stereocenters. The molecule has 39 heavy (non-hydrogen) atoms. The number of benzene rings is 3. The second-order valence-electron chi connectivity index (χ2n) is 10.5. The van der Waals surface area contributed by atoms with Crippen molar-refractivity contribution in [3.63, 3.8) is 0 Å². The van der Waals surface area contributed by atoms with Gasteiger partial charge in [-0.1, -0.05) is 36.4 Å². The van der Waals surface area contributed by atoms with Gasteiger partial charge in [-0.2, -0.15) is 4.31 Å². The number of ketones is 1. The van der Waals surface area contributed by atoms with Crippen molar-refractivity contribution in [3.05, 3.63) is 77.4 Å². The lowest BCUT2D eigenvalue weighted by Gasteiger charge is -2.21. The minimum absolute atomic E-state index is 0.0720. The second kappa shape index (κ2) is 9.50. The molecule has 1 N–H and O–H groups in total. The zero-order valence-corrected chi connectivity index (χ0v) is 22.4. The number of aliphatic carboxylic acids is 1. The molecule has 202 valence electrons. The third kappa shape index (κ3) is 4.49. The van der Waals surface area contributed by atoms with E-state index in [2.05, 4.69) is 0 Å². The number of carbonyl (C=O) groups is 2. The van der Waals surface area contributed by atoms with E-state index in [4.69, 9.17) is 9.47 Å². The fraction of sp³-hybridized carbons (Fsp3) is 0.333. The van der Waals surface area contributed by atoms with Crippen molar-refractivity contribution in [2.45, 2.75) is 55.4 Å². The van der Waals surface area contributed by atoms with Crippen LogP contribution in [0.1, 0.15) is 42.4 Å². The molecule has 1 saturated heterocycles. The van der Waals surface area contributed by atoms with Gasteiger partial charge in [0.15, 0.2) is 11.5 Å². The first-order valence-electron chi connectivity index (χ1n) is 13.1. The highest BCUT2D eigenvalue weighted by molar-refractivity contribution is 7.89. The summed E-state index contributed by atoms with van der Waals surface area (Å²) in [4.78, 5) is 25.1. The van der Waals surface area contributed by atoms with E-state index < -0.39 is 27.4 Å². The molecule has 1 atom stereocenters. The Kier molecular flexibility index (Phi) is 6.23. The van der Waals surface area contributed by atoms with E-state index in [0.717, 1.165) is 45.0 Å². The number of aryl methyl sites for hydroxylation is 1. The summed E-state index contributed by atoms with van der Waals surface area (Å²) in [7, 11) is -3.91. The van der Waals surface area contributed by atoms with Crippen LogP contribution in [0.15, 0.2) is 65.6 Å². The minimum Gasteiger partial charge on any atom is -0.480 e. The predicted molar refractivity (Wildman–Crippen MR) is 143 cm³/mol. The maximum Gasteiger partial charge on any atom is 0.322 e. The first-order valence-corrected chi connectivity index (χ1v) is 14.5. The Morgan fingerprint density at radius 2 is 1.74 bits per heavy atom. The summed E-state index contributed by atoms with van der Waals surface area (Å²) in [5, 5.41) is 9.42. The summed E-state index contributed by atoms with van der Waals surface area (Å²) in [6.07, 6.45) is 2.74. The van der Waals surface area contributed by atoms with Crippen molar-refractivity contribution < 1.29 is 32.6 Å². The van der Waals surface area contributed by atoms with Crippen LogP contribution >= 0.6 is 0 Å². The highest BCUT2D eigenvalue weighted by Gasteiger charge is 2.50. The fourth-order valence-electron chi connectivity index (χ4n) is 5.71. The zero-order valence-electron chi connectivity index (χ0n) is 21.6. The summed E-state index contributed by atoms with van der Waals surface area (Å²) in [5.41, 5.74) is 4.11. The van der Waals surface area contributed by atoms with E-state index in [1.54, 1.807) is 12.1 Å². The summed E-state index contributed by atoms with van der Waals surface area (Å²) in [5.74, 6) is 0.418. The Morgan fingerprint density at radius 3 is 2.46 bits per heavy atom. The molecule has 0 spiro atoms. The van der Waals surface area contributed by atoms with Gasteiger partial charge >= 0.3 is 5.97 Å². The molecule has 0 bridgehead atoms. The highest BCUT2D eigenvalue weighted by Crippen LogP contribution is 2.51. The normalized spacial score (nSPS) is 19.7. The maximum absolute atomic E-state index is 13.5. The summed E-state index contributed by atoms with van der Waals surface area (Å²) >= 11 is 0. The lowest BCUT2D eigenvalue weighted by atomic mass is 9.87. The van der Waals surface area contributed by atoms with Crippen LogP contribution in [0, 0.1) is 6.92 Å². The number of carbonyl (C=O) groups excluding carboxylic acids is 1. The van der Waals surface area contributed by atoms with Crippen LogP contribution in [-0.2, 0) is 31.4 Å².